The first-order valence-electron chi connectivity index (χ1n) is 9.69. The van der Waals surface area contributed by atoms with Gasteiger partial charge in [-0.3, -0.25) is 14.5 Å². The Morgan fingerprint density at radius 2 is 1.72 bits per heavy atom. The van der Waals surface area contributed by atoms with Crippen LogP contribution in [0.4, 0.5) is 18.9 Å². The Kier molecular flexibility index (Phi) is 6.68. The first-order chi connectivity index (χ1) is 15.0. The number of imidazole rings is 1. The van der Waals surface area contributed by atoms with Crippen molar-refractivity contribution >= 4 is 28.5 Å². The van der Waals surface area contributed by atoms with E-state index in [0.29, 0.717) is 23.3 Å². The molecule has 2 aromatic carbocycles. The number of H-pyrrole nitrogens is 2. The standard InChI is InChI=1S/C21H22F3N5O3/c1-12(18(30)26-15-7-8-16-17(9-15)28-20(32)27-16)29(2)10-13-3-5-14(6-4-13)19(31)25-11-21(22,23)24/h3-9,12H,10-11H2,1-2H3,(H,25,31)(H,26,30)(H2,27,28,32). The molecule has 1 aromatic heterocycles. The number of halogens is 3. The van der Waals surface area contributed by atoms with Gasteiger partial charge >= 0.3 is 11.9 Å². The van der Waals surface area contributed by atoms with E-state index in [2.05, 4.69) is 15.3 Å². The van der Waals surface area contributed by atoms with Gasteiger partial charge in [0.2, 0.25) is 5.91 Å². The maximum Gasteiger partial charge on any atom is 0.405 e. The Balaban J connectivity index is 1.56. The van der Waals surface area contributed by atoms with E-state index in [1.165, 1.54) is 12.1 Å². The van der Waals surface area contributed by atoms with Gasteiger partial charge in [0.25, 0.3) is 5.91 Å². The summed E-state index contributed by atoms with van der Waals surface area (Å²) >= 11 is 0. The third kappa shape index (κ3) is 5.97. The van der Waals surface area contributed by atoms with Crippen LogP contribution < -0.4 is 16.3 Å². The van der Waals surface area contributed by atoms with Crippen LogP contribution in [0, 0.1) is 0 Å². The smallest absolute Gasteiger partial charge is 0.343 e. The van der Waals surface area contributed by atoms with E-state index in [4.69, 9.17) is 0 Å². The van der Waals surface area contributed by atoms with Crippen molar-refractivity contribution in [2.75, 3.05) is 18.9 Å². The average molecular weight is 449 g/mol. The van der Waals surface area contributed by atoms with Crippen LogP contribution in [0.3, 0.4) is 0 Å². The number of alkyl halides is 3. The molecule has 8 nitrogen and oxygen atoms in total. The third-order valence-electron chi connectivity index (χ3n) is 4.92. The lowest BCUT2D eigenvalue weighted by Gasteiger charge is -2.24. The van der Waals surface area contributed by atoms with Crippen LogP contribution in [0.25, 0.3) is 11.0 Å². The zero-order chi connectivity index (χ0) is 23.5. The number of anilines is 1. The molecule has 4 N–H and O–H groups in total. The number of carbonyl (C=O) groups excluding carboxylic acids is 2. The molecule has 1 heterocycles. The Morgan fingerprint density at radius 3 is 2.38 bits per heavy atom. The molecule has 0 saturated carbocycles. The lowest BCUT2D eigenvalue weighted by atomic mass is 10.1. The van der Waals surface area contributed by atoms with Gasteiger partial charge in [-0.05, 0) is 49.9 Å². The zero-order valence-corrected chi connectivity index (χ0v) is 17.3. The van der Waals surface area contributed by atoms with Gasteiger partial charge in [-0.2, -0.15) is 13.2 Å². The van der Waals surface area contributed by atoms with Crippen LogP contribution in [-0.2, 0) is 11.3 Å². The van der Waals surface area contributed by atoms with Crippen molar-refractivity contribution in [2.45, 2.75) is 25.7 Å². The zero-order valence-electron chi connectivity index (χ0n) is 17.3. The van der Waals surface area contributed by atoms with E-state index < -0.39 is 24.7 Å². The van der Waals surface area contributed by atoms with Crippen molar-refractivity contribution in [3.05, 3.63) is 64.1 Å². The molecule has 0 aliphatic rings. The molecule has 1 unspecified atom stereocenters. The van der Waals surface area contributed by atoms with E-state index >= 15 is 0 Å². The second kappa shape index (κ2) is 9.27. The van der Waals surface area contributed by atoms with Crippen LogP contribution in [0.15, 0.2) is 47.3 Å². The number of amides is 2. The third-order valence-corrected chi connectivity index (χ3v) is 4.92. The average Bonchev–Trinajstić information content (AvgIpc) is 3.10. The van der Waals surface area contributed by atoms with E-state index in [0.717, 1.165) is 5.56 Å². The fraction of sp³-hybridized carbons (Fsp3) is 0.286. The molecule has 0 saturated heterocycles. The first kappa shape index (κ1) is 23.1. The monoisotopic (exact) mass is 449 g/mol. The van der Waals surface area contributed by atoms with Gasteiger partial charge in [-0.25, -0.2) is 4.79 Å². The fourth-order valence-corrected chi connectivity index (χ4v) is 3.03. The van der Waals surface area contributed by atoms with Crippen molar-refractivity contribution in [3.8, 4) is 0 Å². The van der Waals surface area contributed by atoms with Gasteiger partial charge in [0.1, 0.15) is 6.54 Å². The molecule has 170 valence electrons. The molecule has 32 heavy (non-hydrogen) atoms. The van der Waals surface area contributed by atoms with Gasteiger partial charge in [-0.15, -0.1) is 0 Å². The summed E-state index contributed by atoms with van der Waals surface area (Å²) in [6, 6.07) is 10.6. The van der Waals surface area contributed by atoms with E-state index in [1.54, 1.807) is 49.2 Å². The normalized spacial score (nSPS) is 12.7. The molecular formula is C21H22F3N5O3. The van der Waals surface area contributed by atoms with Crippen LogP contribution in [0.5, 0.6) is 0 Å². The Hall–Kier alpha value is -3.60. The highest BCUT2D eigenvalue weighted by Gasteiger charge is 2.28. The number of rotatable bonds is 7. The second-order valence-electron chi connectivity index (χ2n) is 7.41. The fourth-order valence-electron chi connectivity index (χ4n) is 3.03. The minimum Gasteiger partial charge on any atom is -0.343 e. The van der Waals surface area contributed by atoms with Gasteiger partial charge in [0.05, 0.1) is 17.1 Å². The highest BCUT2D eigenvalue weighted by atomic mass is 19.4. The summed E-state index contributed by atoms with van der Waals surface area (Å²) in [5.41, 5.74) is 2.31. The topological polar surface area (TPSA) is 110 Å². The predicted octanol–water partition coefficient (Wildman–Crippen LogP) is 2.61. The van der Waals surface area contributed by atoms with Crippen molar-refractivity contribution < 1.29 is 22.8 Å². The second-order valence-corrected chi connectivity index (χ2v) is 7.41. The number of aromatic nitrogens is 2. The minimum absolute atomic E-state index is 0.115. The van der Waals surface area contributed by atoms with Crippen LogP contribution in [0.1, 0.15) is 22.8 Å². The number of hydrogen-bond acceptors (Lipinski definition) is 4. The summed E-state index contributed by atoms with van der Waals surface area (Å²) in [6.45, 7) is 0.713. The highest BCUT2D eigenvalue weighted by molar-refractivity contribution is 5.96. The molecule has 0 radical (unpaired) electrons. The number of nitrogens with zero attached hydrogens (tertiary/aromatic N) is 1. The van der Waals surface area contributed by atoms with E-state index in [9.17, 15) is 27.6 Å². The molecule has 3 aromatic rings. The van der Waals surface area contributed by atoms with Crippen molar-refractivity contribution in [1.82, 2.24) is 20.2 Å². The predicted molar refractivity (Wildman–Crippen MR) is 113 cm³/mol. The molecule has 11 heteroatoms. The summed E-state index contributed by atoms with van der Waals surface area (Å²) in [4.78, 5) is 42.8. The van der Waals surface area contributed by atoms with Crippen LogP contribution in [0.2, 0.25) is 0 Å². The lowest BCUT2D eigenvalue weighted by molar-refractivity contribution is -0.123. The van der Waals surface area contributed by atoms with Crippen LogP contribution in [-0.4, -0.2) is 52.5 Å². The quantitative estimate of drug-likeness (QED) is 0.445. The van der Waals surface area contributed by atoms with Crippen molar-refractivity contribution in [3.63, 3.8) is 0 Å². The SMILES string of the molecule is CC(C(=O)Nc1ccc2[nH]c(=O)[nH]c2c1)N(C)Cc1ccc(C(=O)NCC(F)(F)F)cc1. The minimum atomic E-state index is -4.47. The summed E-state index contributed by atoms with van der Waals surface area (Å²) < 4.78 is 36.7. The molecule has 1 atom stereocenters. The summed E-state index contributed by atoms with van der Waals surface area (Å²) in [7, 11) is 1.75. The Morgan fingerprint density at radius 1 is 1.06 bits per heavy atom. The summed E-state index contributed by atoms with van der Waals surface area (Å²) in [5.74, 6) is -1.07. The van der Waals surface area contributed by atoms with Gasteiger partial charge in [-0.1, -0.05) is 12.1 Å². The highest BCUT2D eigenvalue weighted by Crippen LogP contribution is 2.16. The molecule has 2 amide bonds. The number of hydrogen-bond donors (Lipinski definition) is 4. The molecule has 3 rings (SSSR count). The van der Waals surface area contributed by atoms with Gasteiger partial charge in [0, 0.05) is 17.8 Å². The number of nitrogens with one attached hydrogen (secondary N) is 4. The lowest BCUT2D eigenvalue weighted by Crippen LogP contribution is -2.39. The molecule has 0 aliphatic carbocycles. The number of aromatic amines is 2. The number of benzene rings is 2. The molecular weight excluding hydrogens is 427 g/mol. The Labute approximate surface area is 180 Å². The Bertz CT molecular complexity index is 1170. The van der Waals surface area contributed by atoms with E-state index in [1.807, 2.05) is 5.32 Å². The number of likely N-dealkylation sites (N-methyl/N-ethyl adjacent to an activating group) is 1. The van der Waals surface area contributed by atoms with Gasteiger partial charge < -0.3 is 20.6 Å². The van der Waals surface area contributed by atoms with Crippen LogP contribution >= 0.6 is 0 Å². The largest absolute Gasteiger partial charge is 0.405 e. The van der Waals surface area contributed by atoms with Crippen molar-refractivity contribution in [1.29, 1.82) is 0 Å². The maximum atomic E-state index is 12.6. The number of fused-ring (bicyclic) bond motifs is 1. The molecule has 0 bridgehead atoms. The van der Waals surface area contributed by atoms with Gasteiger partial charge in [0.15, 0.2) is 0 Å². The summed E-state index contributed by atoms with van der Waals surface area (Å²) in [5, 5.41) is 4.62. The van der Waals surface area contributed by atoms with Crippen molar-refractivity contribution in [2.24, 2.45) is 0 Å². The molecule has 0 spiro atoms. The summed E-state index contributed by atoms with van der Waals surface area (Å²) in [6.07, 6.45) is -4.47. The van der Waals surface area contributed by atoms with E-state index in [-0.39, 0.29) is 17.2 Å². The first-order valence-corrected chi connectivity index (χ1v) is 9.69. The molecule has 0 fully saturated rings. The number of carbonyl (C=O) groups is 2. The molecule has 0 aliphatic heterocycles. The maximum absolute atomic E-state index is 12.6.